The average molecular weight is 328 g/mol. The van der Waals surface area contributed by atoms with Gasteiger partial charge in [0, 0.05) is 24.7 Å². The molecule has 2 rings (SSSR count). The first kappa shape index (κ1) is 15.0. The normalized spacial score (nSPS) is 24.3. The maximum Gasteiger partial charge on any atom is 0.171 e. The number of halogens is 1. The van der Waals surface area contributed by atoms with Gasteiger partial charge in [-0.25, -0.2) is 0 Å². The van der Waals surface area contributed by atoms with Gasteiger partial charge in [0.2, 0.25) is 0 Å². The standard InChI is InChI=1S/C15H22BrNO2/c1-10(15(18-2)19-3)17-12-8-11(9-12)13-6-4-5-7-14(13)16/h4-7,10-12,15,17H,8-9H2,1-3H3. The summed E-state index contributed by atoms with van der Waals surface area (Å²) in [5.41, 5.74) is 1.42. The molecule has 1 unspecified atom stereocenters. The molecule has 1 atom stereocenters. The van der Waals surface area contributed by atoms with Crippen molar-refractivity contribution >= 4 is 15.9 Å². The van der Waals surface area contributed by atoms with E-state index in [2.05, 4.69) is 52.4 Å². The van der Waals surface area contributed by atoms with Crippen molar-refractivity contribution in [2.45, 2.75) is 44.1 Å². The maximum absolute atomic E-state index is 5.27. The molecule has 1 fully saturated rings. The Balaban J connectivity index is 1.82. The van der Waals surface area contributed by atoms with Crippen LogP contribution in [-0.2, 0) is 9.47 Å². The third-order valence-electron chi connectivity index (χ3n) is 3.85. The summed E-state index contributed by atoms with van der Waals surface area (Å²) < 4.78 is 11.8. The second-order valence-corrected chi connectivity index (χ2v) is 6.04. The summed E-state index contributed by atoms with van der Waals surface area (Å²) in [5.74, 6) is 0.656. The minimum atomic E-state index is -0.178. The van der Waals surface area contributed by atoms with Crippen LogP contribution in [0.15, 0.2) is 28.7 Å². The second kappa shape index (κ2) is 6.84. The van der Waals surface area contributed by atoms with E-state index in [1.807, 2.05) is 0 Å². The van der Waals surface area contributed by atoms with Crippen LogP contribution in [-0.4, -0.2) is 32.6 Å². The van der Waals surface area contributed by atoms with Crippen molar-refractivity contribution in [3.8, 4) is 0 Å². The van der Waals surface area contributed by atoms with E-state index in [1.54, 1.807) is 14.2 Å². The number of methoxy groups -OCH3 is 2. The van der Waals surface area contributed by atoms with Gasteiger partial charge in [-0.3, -0.25) is 0 Å². The van der Waals surface area contributed by atoms with Crippen LogP contribution in [0.3, 0.4) is 0 Å². The summed E-state index contributed by atoms with van der Waals surface area (Å²) in [4.78, 5) is 0. The van der Waals surface area contributed by atoms with Crippen molar-refractivity contribution in [2.75, 3.05) is 14.2 Å². The highest BCUT2D eigenvalue weighted by Crippen LogP contribution is 2.40. The Morgan fingerprint density at radius 2 is 1.84 bits per heavy atom. The van der Waals surface area contributed by atoms with Crippen molar-refractivity contribution in [2.24, 2.45) is 0 Å². The molecule has 0 spiro atoms. The SMILES string of the molecule is COC(OC)C(C)NC1CC(c2ccccc2Br)C1. The van der Waals surface area contributed by atoms with Crippen LogP contribution in [0.4, 0.5) is 0 Å². The zero-order valence-corrected chi connectivity index (χ0v) is 13.3. The van der Waals surface area contributed by atoms with E-state index < -0.39 is 0 Å². The van der Waals surface area contributed by atoms with Gasteiger partial charge in [-0.15, -0.1) is 0 Å². The summed E-state index contributed by atoms with van der Waals surface area (Å²) in [6.07, 6.45) is 2.17. The fourth-order valence-corrected chi connectivity index (χ4v) is 3.38. The van der Waals surface area contributed by atoms with Gasteiger partial charge in [0.1, 0.15) is 0 Å². The van der Waals surface area contributed by atoms with E-state index in [9.17, 15) is 0 Å². The summed E-state index contributed by atoms with van der Waals surface area (Å²) in [5, 5.41) is 3.57. The lowest BCUT2D eigenvalue weighted by Crippen LogP contribution is -2.49. The van der Waals surface area contributed by atoms with E-state index in [1.165, 1.54) is 22.9 Å². The molecule has 1 N–H and O–H groups in total. The van der Waals surface area contributed by atoms with Gasteiger partial charge >= 0.3 is 0 Å². The summed E-state index contributed by atoms with van der Waals surface area (Å²) in [6, 6.07) is 9.26. The molecule has 0 bridgehead atoms. The molecule has 0 saturated heterocycles. The Labute approximate surface area is 123 Å². The van der Waals surface area contributed by atoms with E-state index in [-0.39, 0.29) is 12.3 Å². The highest BCUT2D eigenvalue weighted by Gasteiger charge is 2.33. The van der Waals surface area contributed by atoms with Gasteiger partial charge in [-0.2, -0.15) is 0 Å². The van der Waals surface area contributed by atoms with Crippen LogP contribution in [0.5, 0.6) is 0 Å². The molecule has 4 heteroatoms. The van der Waals surface area contributed by atoms with E-state index >= 15 is 0 Å². The zero-order chi connectivity index (χ0) is 13.8. The second-order valence-electron chi connectivity index (χ2n) is 5.18. The van der Waals surface area contributed by atoms with E-state index in [4.69, 9.17) is 9.47 Å². The van der Waals surface area contributed by atoms with Gasteiger partial charge in [-0.05, 0) is 37.3 Å². The minimum absolute atomic E-state index is 0.178. The molecule has 3 nitrogen and oxygen atoms in total. The molecule has 1 aromatic carbocycles. The van der Waals surface area contributed by atoms with Crippen molar-refractivity contribution in [1.29, 1.82) is 0 Å². The highest BCUT2D eigenvalue weighted by atomic mass is 79.9. The lowest BCUT2D eigenvalue weighted by Gasteiger charge is -2.39. The molecule has 19 heavy (non-hydrogen) atoms. The Morgan fingerprint density at radius 3 is 2.42 bits per heavy atom. The number of hydrogen-bond acceptors (Lipinski definition) is 3. The van der Waals surface area contributed by atoms with Crippen LogP contribution in [0, 0.1) is 0 Å². The predicted octanol–water partition coefficient (Wildman–Crippen LogP) is 3.29. The number of rotatable bonds is 6. The molecule has 1 saturated carbocycles. The fraction of sp³-hybridized carbons (Fsp3) is 0.600. The summed E-state index contributed by atoms with van der Waals surface area (Å²) >= 11 is 3.63. The first-order valence-electron chi connectivity index (χ1n) is 6.71. The molecule has 1 aliphatic carbocycles. The van der Waals surface area contributed by atoms with Crippen molar-refractivity contribution in [3.63, 3.8) is 0 Å². The quantitative estimate of drug-likeness (QED) is 0.813. The number of benzene rings is 1. The van der Waals surface area contributed by atoms with Gasteiger partial charge in [-0.1, -0.05) is 34.1 Å². The largest absolute Gasteiger partial charge is 0.354 e. The Hall–Kier alpha value is -0.420. The van der Waals surface area contributed by atoms with Crippen molar-refractivity contribution < 1.29 is 9.47 Å². The monoisotopic (exact) mass is 327 g/mol. The summed E-state index contributed by atoms with van der Waals surface area (Å²) in [7, 11) is 3.36. The molecule has 1 aliphatic rings. The van der Waals surface area contributed by atoms with E-state index in [0.717, 1.165) is 0 Å². The van der Waals surface area contributed by atoms with Gasteiger partial charge in [0.25, 0.3) is 0 Å². The van der Waals surface area contributed by atoms with Gasteiger partial charge < -0.3 is 14.8 Å². The third-order valence-corrected chi connectivity index (χ3v) is 4.58. The minimum Gasteiger partial charge on any atom is -0.354 e. The molecule has 106 valence electrons. The molecule has 0 aromatic heterocycles. The third kappa shape index (κ3) is 3.57. The first-order chi connectivity index (χ1) is 9.15. The molecule has 0 heterocycles. The van der Waals surface area contributed by atoms with Gasteiger partial charge in [0.15, 0.2) is 6.29 Å². The Kier molecular flexibility index (Phi) is 5.39. The van der Waals surface area contributed by atoms with Crippen LogP contribution in [0.25, 0.3) is 0 Å². The first-order valence-corrected chi connectivity index (χ1v) is 7.51. The van der Waals surface area contributed by atoms with Crippen LogP contribution in [0.2, 0.25) is 0 Å². The zero-order valence-electron chi connectivity index (χ0n) is 11.7. The lowest BCUT2D eigenvalue weighted by molar-refractivity contribution is -0.122. The molecule has 0 aliphatic heterocycles. The molecule has 1 aromatic rings. The lowest BCUT2D eigenvalue weighted by atomic mass is 9.75. The molecular formula is C15H22BrNO2. The van der Waals surface area contributed by atoms with Crippen molar-refractivity contribution in [1.82, 2.24) is 5.32 Å². The Morgan fingerprint density at radius 1 is 1.21 bits per heavy atom. The predicted molar refractivity (Wildman–Crippen MR) is 80.3 cm³/mol. The van der Waals surface area contributed by atoms with Crippen LogP contribution >= 0.6 is 15.9 Å². The highest BCUT2D eigenvalue weighted by molar-refractivity contribution is 9.10. The number of nitrogens with one attached hydrogen (secondary N) is 1. The average Bonchev–Trinajstić information content (AvgIpc) is 2.36. The molecular weight excluding hydrogens is 306 g/mol. The molecule has 0 amide bonds. The van der Waals surface area contributed by atoms with Gasteiger partial charge in [0.05, 0.1) is 6.04 Å². The fourth-order valence-electron chi connectivity index (χ4n) is 2.77. The van der Waals surface area contributed by atoms with E-state index in [0.29, 0.717) is 12.0 Å². The summed E-state index contributed by atoms with van der Waals surface area (Å²) in [6.45, 7) is 2.10. The Bertz CT molecular complexity index is 403. The molecule has 0 radical (unpaired) electrons. The number of ether oxygens (including phenoxy) is 2. The van der Waals surface area contributed by atoms with Crippen LogP contribution < -0.4 is 5.32 Å². The topological polar surface area (TPSA) is 30.5 Å². The van der Waals surface area contributed by atoms with Crippen molar-refractivity contribution in [3.05, 3.63) is 34.3 Å². The van der Waals surface area contributed by atoms with Crippen LogP contribution in [0.1, 0.15) is 31.2 Å². The maximum atomic E-state index is 5.27. The smallest absolute Gasteiger partial charge is 0.171 e. The number of hydrogen-bond donors (Lipinski definition) is 1.